The van der Waals surface area contributed by atoms with Crippen LogP contribution in [0.25, 0.3) is 0 Å². The van der Waals surface area contributed by atoms with E-state index in [-0.39, 0.29) is 23.4 Å². The van der Waals surface area contributed by atoms with Gasteiger partial charge in [0.1, 0.15) is 11.6 Å². The summed E-state index contributed by atoms with van der Waals surface area (Å²) < 4.78 is 0. The largest absolute Gasteiger partial charge is 0.390 e. The fourth-order valence-electron chi connectivity index (χ4n) is 1.98. The molecule has 0 atom stereocenters. The van der Waals surface area contributed by atoms with E-state index in [0.29, 0.717) is 13.0 Å². The van der Waals surface area contributed by atoms with E-state index in [2.05, 4.69) is 10.6 Å². The van der Waals surface area contributed by atoms with Crippen LogP contribution in [0.3, 0.4) is 0 Å². The SMILES string of the molecule is CC(C)NC(=O)/C(C#N)=C\NCCCN1CCCC1=O. The van der Waals surface area contributed by atoms with Gasteiger partial charge in [0.2, 0.25) is 5.91 Å². The topological polar surface area (TPSA) is 85.2 Å². The van der Waals surface area contributed by atoms with Gasteiger partial charge in [-0.15, -0.1) is 0 Å². The molecule has 1 aliphatic heterocycles. The molecule has 1 rings (SSSR count). The van der Waals surface area contributed by atoms with Crippen LogP contribution in [-0.2, 0) is 9.59 Å². The summed E-state index contributed by atoms with van der Waals surface area (Å²) in [4.78, 5) is 24.8. The first-order chi connectivity index (χ1) is 9.54. The van der Waals surface area contributed by atoms with Crippen molar-refractivity contribution in [3.05, 3.63) is 11.8 Å². The maximum atomic E-state index is 11.6. The third-order valence-corrected chi connectivity index (χ3v) is 2.95. The molecular formula is C14H22N4O2. The number of nitrogens with one attached hydrogen (secondary N) is 2. The fraction of sp³-hybridized carbons (Fsp3) is 0.643. The maximum absolute atomic E-state index is 11.6. The van der Waals surface area contributed by atoms with E-state index in [1.54, 1.807) is 0 Å². The highest BCUT2D eigenvalue weighted by molar-refractivity contribution is 5.97. The van der Waals surface area contributed by atoms with Gasteiger partial charge in [0, 0.05) is 38.3 Å². The summed E-state index contributed by atoms with van der Waals surface area (Å²) in [5.41, 5.74) is 0.0657. The number of hydrogen-bond acceptors (Lipinski definition) is 4. The highest BCUT2D eigenvalue weighted by Gasteiger charge is 2.18. The predicted molar refractivity (Wildman–Crippen MR) is 75.4 cm³/mol. The fourth-order valence-corrected chi connectivity index (χ4v) is 1.98. The molecule has 0 aliphatic carbocycles. The molecule has 0 saturated carbocycles. The van der Waals surface area contributed by atoms with Crippen LogP contribution in [0.5, 0.6) is 0 Å². The number of hydrogen-bond donors (Lipinski definition) is 2. The van der Waals surface area contributed by atoms with Crippen molar-refractivity contribution in [2.75, 3.05) is 19.6 Å². The first-order valence-electron chi connectivity index (χ1n) is 6.97. The van der Waals surface area contributed by atoms with Gasteiger partial charge in [0.25, 0.3) is 5.91 Å². The Morgan fingerprint density at radius 2 is 2.30 bits per heavy atom. The highest BCUT2D eigenvalue weighted by atomic mass is 16.2. The van der Waals surface area contributed by atoms with E-state index in [4.69, 9.17) is 5.26 Å². The Balaban J connectivity index is 2.26. The van der Waals surface area contributed by atoms with Gasteiger partial charge >= 0.3 is 0 Å². The second-order valence-corrected chi connectivity index (χ2v) is 5.09. The van der Waals surface area contributed by atoms with Crippen LogP contribution in [-0.4, -0.2) is 42.4 Å². The van der Waals surface area contributed by atoms with Crippen LogP contribution < -0.4 is 10.6 Å². The summed E-state index contributed by atoms with van der Waals surface area (Å²) in [6.07, 6.45) is 3.83. The lowest BCUT2D eigenvalue weighted by Crippen LogP contribution is -2.32. The molecule has 20 heavy (non-hydrogen) atoms. The predicted octanol–water partition coefficient (Wildman–Crippen LogP) is 0.521. The van der Waals surface area contributed by atoms with Crippen LogP contribution in [0, 0.1) is 11.3 Å². The number of nitrogens with zero attached hydrogens (tertiary/aromatic N) is 2. The van der Waals surface area contributed by atoms with Crippen LogP contribution in [0.1, 0.15) is 33.1 Å². The third-order valence-electron chi connectivity index (χ3n) is 2.95. The van der Waals surface area contributed by atoms with Gasteiger partial charge in [-0.1, -0.05) is 0 Å². The summed E-state index contributed by atoms with van der Waals surface area (Å²) in [5.74, 6) is -0.153. The highest BCUT2D eigenvalue weighted by Crippen LogP contribution is 2.09. The molecule has 0 spiro atoms. The van der Waals surface area contributed by atoms with E-state index in [1.807, 2.05) is 24.8 Å². The molecule has 1 fully saturated rings. The van der Waals surface area contributed by atoms with Crippen molar-refractivity contribution >= 4 is 11.8 Å². The lowest BCUT2D eigenvalue weighted by atomic mass is 10.2. The Kier molecular flexibility index (Phi) is 6.57. The molecule has 110 valence electrons. The summed E-state index contributed by atoms with van der Waals surface area (Å²) >= 11 is 0. The van der Waals surface area contributed by atoms with Crippen molar-refractivity contribution < 1.29 is 9.59 Å². The lowest BCUT2D eigenvalue weighted by Gasteiger charge is -2.14. The van der Waals surface area contributed by atoms with Gasteiger partial charge in [-0.05, 0) is 26.7 Å². The molecule has 2 amide bonds. The number of amides is 2. The number of rotatable bonds is 7. The first-order valence-corrected chi connectivity index (χ1v) is 6.97. The summed E-state index contributed by atoms with van der Waals surface area (Å²) in [5, 5.41) is 14.5. The van der Waals surface area contributed by atoms with E-state index < -0.39 is 0 Å². The Hall–Kier alpha value is -2.03. The van der Waals surface area contributed by atoms with Crippen molar-refractivity contribution in [1.82, 2.24) is 15.5 Å². The van der Waals surface area contributed by atoms with Crippen LogP contribution >= 0.6 is 0 Å². The quantitative estimate of drug-likeness (QED) is 0.404. The minimum absolute atomic E-state index is 0.000397. The average molecular weight is 278 g/mol. The summed E-state index contributed by atoms with van der Waals surface area (Å²) in [7, 11) is 0. The van der Waals surface area contributed by atoms with Gasteiger partial charge in [-0.25, -0.2) is 0 Å². The number of carbonyl (C=O) groups is 2. The molecule has 1 saturated heterocycles. The van der Waals surface area contributed by atoms with Crippen molar-refractivity contribution in [3.8, 4) is 6.07 Å². The number of nitriles is 1. The Morgan fingerprint density at radius 3 is 2.85 bits per heavy atom. The second kappa shape index (κ2) is 8.20. The second-order valence-electron chi connectivity index (χ2n) is 5.09. The van der Waals surface area contributed by atoms with Gasteiger partial charge in [0.05, 0.1) is 0 Å². The summed E-state index contributed by atoms with van der Waals surface area (Å²) in [6, 6.07) is 1.87. The molecule has 0 aromatic carbocycles. The van der Waals surface area contributed by atoms with Crippen molar-refractivity contribution in [3.63, 3.8) is 0 Å². The molecule has 0 aromatic heterocycles. The Morgan fingerprint density at radius 1 is 1.55 bits per heavy atom. The van der Waals surface area contributed by atoms with Gasteiger partial charge < -0.3 is 15.5 Å². The summed E-state index contributed by atoms with van der Waals surface area (Å²) in [6.45, 7) is 5.87. The smallest absolute Gasteiger partial charge is 0.263 e. The van der Waals surface area contributed by atoms with Crippen LogP contribution in [0.2, 0.25) is 0 Å². The zero-order chi connectivity index (χ0) is 15.0. The van der Waals surface area contributed by atoms with Crippen LogP contribution in [0.15, 0.2) is 11.8 Å². The zero-order valence-corrected chi connectivity index (χ0v) is 12.1. The standard InChI is InChI=1S/C14H22N4O2/c1-11(2)17-14(20)12(9-15)10-16-6-4-8-18-7-3-5-13(18)19/h10-11,16H,3-8H2,1-2H3,(H,17,20)/b12-10-. The number of carbonyl (C=O) groups excluding carboxylic acids is 2. The van der Waals surface area contributed by atoms with E-state index in [0.717, 1.165) is 25.9 Å². The molecular weight excluding hydrogens is 256 g/mol. The van der Waals surface area contributed by atoms with Crippen molar-refractivity contribution in [2.24, 2.45) is 0 Å². The van der Waals surface area contributed by atoms with E-state index in [1.165, 1.54) is 6.20 Å². The van der Waals surface area contributed by atoms with Crippen LogP contribution in [0.4, 0.5) is 0 Å². The molecule has 6 nitrogen and oxygen atoms in total. The number of likely N-dealkylation sites (tertiary alicyclic amines) is 1. The lowest BCUT2D eigenvalue weighted by molar-refractivity contribution is -0.127. The maximum Gasteiger partial charge on any atom is 0.263 e. The molecule has 0 aromatic rings. The Labute approximate surface area is 119 Å². The molecule has 0 unspecified atom stereocenters. The normalized spacial score (nSPS) is 15.4. The zero-order valence-electron chi connectivity index (χ0n) is 12.1. The van der Waals surface area contributed by atoms with Gasteiger partial charge in [-0.2, -0.15) is 5.26 Å². The molecule has 2 N–H and O–H groups in total. The molecule has 6 heteroatoms. The average Bonchev–Trinajstić information content (AvgIpc) is 2.78. The van der Waals surface area contributed by atoms with E-state index >= 15 is 0 Å². The van der Waals surface area contributed by atoms with Crippen molar-refractivity contribution in [1.29, 1.82) is 5.26 Å². The molecule has 0 bridgehead atoms. The minimum atomic E-state index is -0.371. The molecule has 1 aliphatic rings. The van der Waals surface area contributed by atoms with E-state index in [9.17, 15) is 9.59 Å². The van der Waals surface area contributed by atoms with Gasteiger partial charge in [0.15, 0.2) is 0 Å². The monoisotopic (exact) mass is 278 g/mol. The molecule has 0 radical (unpaired) electrons. The first kappa shape index (κ1) is 16.0. The Bertz CT molecular complexity index is 423. The van der Waals surface area contributed by atoms with Gasteiger partial charge in [-0.3, -0.25) is 9.59 Å². The minimum Gasteiger partial charge on any atom is -0.390 e. The molecule has 1 heterocycles. The third kappa shape index (κ3) is 5.31. The van der Waals surface area contributed by atoms with Crippen molar-refractivity contribution in [2.45, 2.75) is 39.2 Å².